The van der Waals surface area contributed by atoms with Crippen LogP contribution in [0.3, 0.4) is 0 Å². The van der Waals surface area contributed by atoms with Crippen molar-refractivity contribution in [2.24, 2.45) is 13.0 Å². The Labute approximate surface area is 280 Å². The van der Waals surface area contributed by atoms with Crippen LogP contribution >= 0.6 is 11.6 Å². The van der Waals surface area contributed by atoms with E-state index < -0.39 is 11.7 Å². The van der Waals surface area contributed by atoms with Gasteiger partial charge in [0.05, 0.1) is 53.7 Å². The minimum absolute atomic E-state index is 0.0681. The summed E-state index contributed by atoms with van der Waals surface area (Å²) >= 11 is 6.56. The number of para-hydroxylation sites is 1. The Morgan fingerprint density at radius 1 is 1.09 bits per heavy atom. The first-order chi connectivity index (χ1) is 22.6. The fourth-order valence-electron chi connectivity index (χ4n) is 7.57. The third kappa shape index (κ3) is 7.56. The lowest BCUT2D eigenvalue weighted by molar-refractivity contribution is -0.133. The second-order valence-corrected chi connectivity index (χ2v) is 13.9. The van der Waals surface area contributed by atoms with Gasteiger partial charge in [-0.15, -0.1) is 0 Å². The van der Waals surface area contributed by atoms with Crippen molar-refractivity contribution in [3.63, 3.8) is 0 Å². The van der Waals surface area contributed by atoms with E-state index in [-0.39, 0.29) is 64.9 Å². The number of morpholine rings is 1. The number of hydrogen-bond donors (Lipinski definition) is 1. The number of fused-ring (bicyclic) bond motifs is 1. The van der Waals surface area contributed by atoms with Gasteiger partial charge in [0, 0.05) is 55.7 Å². The van der Waals surface area contributed by atoms with E-state index in [1.807, 2.05) is 40.8 Å². The van der Waals surface area contributed by atoms with Crippen LogP contribution in [0, 0.1) is 11.7 Å². The zero-order valence-electron chi connectivity index (χ0n) is 27.3. The number of aryl methyl sites for hydroxylation is 1. The van der Waals surface area contributed by atoms with Crippen molar-refractivity contribution < 1.29 is 28.2 Å². The lowest BCUT2D eigenvalue weighted by Gasteiger charge is -2.38. The standard InChI is InChI=1S/C36H44ClFN4O5/c1-22-16-41(17-23(2)47-22)26-14-27(21-46-28-10-8-24(20-43)9-11-28)42(18-26)35(44)13-25-12-31(37)33(15-32(25)38)39-36(45)30-19-40(3)34-7-5-4-6-29(30)34/h4-7,12,15,19-20,22-24,26-28H,8-11,13-14,16-18,21H2,1-3H3,(H,39,45)/t22-,23+,24?,26-,27-,28?/m0/s1. The minimum atomic E-state index is -0.609. The predicted molar refractivity (Wildman–Crippen MR) is 179 cm³/mol. The number of amides is 2. The Balaban J connectivity index is 1.15. The minimum Gasteiger partial charge on any atom is -0.376 e. The van der Waals surface area contributed by atoms with E-state index in [0.29, 0.717) is 18.7 Å². The van der Waals surface area contributed by atoms with Gasteiger partial charge in [-0.1, -0.05) is 29.8 Å². The van der Waals surface area contributed by atoms with Gasteiger partial charge in [0.2, 0.25) is 5.91 Å². The highest BCUT2D eigenvalue weighted by atomic mass is 35.5. The first kappa shape index (κ1) is 33.6. The first-order valence-electron chi connectivity index (χ1n) is 16.7. The summed E-state index contributed by atoms with van der Waals surface area (Å²) in [5.74, 6) is -1.09. The summed E-state index contributed by atoms with van der Waals surface area (Å²) < 4.78 is 29.7. The number of hydrogen-bond acceptors (Lipinski definition) is 6. The number of anilines is 1. The van der Waals surface area contributed by atoms with Crippen LogP contribution in [0.2, 0.25) is 5.02 Å². The number of ether oxygens (including phenoxy) is 2. The number of aromatic nitrogens is 1. The van der Waals surface area contributed by atoms with Gasteiger partial charge < -0.3 is 29.1 Å². The monoisotopic (exact) mass is 666 g/mol. The Morgan fingerprint density at radius 2 is 1.81 bits per heavy atom. The molecule has 3 fully saturated rings. The number of carbonyl (C=O) groups excluding carboxylic acids is 3. The van der Waals surface area contributed by atoms with Crippen LogP contribution in [-0.4, -0.2) is 89.1 Å². The highest BCUT2D eigenvalue weighted by Gasteiger charge is 2.40. The van der Waals surface area contributed by atoms with Crippen LogP contribution in [0.5, 0.6) is 0 Å². The first-order valence-corrected chi connectivity index (χ1v) is 17.1. The summed E-state index contributed by atoms with van der Waals surface area (Å²) in [7, 11) is 1.86. The normalized spacial score (nSPS) is 26.9. The van der Waals surface area contributed by atoms with Gasteiger partial charge in [0.15, 0.2) is 0 Å². The maximum atomic E-state index is 15.5. The van der Waals surface area contributed by atoms with Crippen molar-refractivity contribution >= 4 is 46.3 Å². The molecule has 2 aliphatic heterocycles. The highest BCUT2D eigenvalue weighted by molar-refractivity contribution is 6.34. The fraction of sp³-hybridized carbons (Fsp3) is 0.528. The van der Waals surface area contributed by atoms with Gasteiger partial charge in [-0.25, -0.2) is 4.39 Å². The summed E-state index contributed by atoms with van der Waals surface area (Å²) in [5.41, 5.74) is 1.67. The number of rotatable bonds is 9. The van der Waals surface area contributed by atoms with E-state index >= 15 is 4.39 Å². The highest BCUT2D eigenvalue weighted by Crippen LogP contribution is 2.32. The number of nitrogens with one attached hydrogen (secondary N) is 1. The molecular weight excluding hydrogens is 623 g/mol. The average molecular weight is 667 g/mol. The lowest BCUT2D eigenvalue weighted by atomic mass is 9.88. The molecule has 3 aromatic rings. The van der Waals surface area contributed by atoms with E-state index in [0.717, 1.165) is 62.4 Å². The molecule has 3 heterocycles. The van der Waals surface area contributed by atoms with Crippen LogP contribution in [0.4, 0.5) is 10.1 Å². The van der Waals surface area contributed by atoms with E-state index in [9.17, 15) is 14.4 Å². The summed E-state index contributed by atoms with van der Waals surface area (Å²) in [4.78, 5) is 42.5. The number of nitrogens with zero attached hydrogens (tertiary/aromatic N) is 3. The molecule has 2 saturated heterocycles. The van der Waals surface area contributed by atoms with E-state index in [1.165, 1.54) is 12.1 Å². The quantitative estimate of drug-likeness (QED) is 0.298. The van der Waals surface area contributed by atoms with Crippen LogP contribution in [-0.2, 0) is 32.5 Å². The predicted octanol–water partition coefficient (Wildman–Crippen LogP) is 5.62. The van der Waals surface area contributed by atoms with E-state index in [2.05, 4.69) is 24.1 Å². The number of halogens is 2. The second kappa shape index (κ2) is 14.4. The fourth-order valence-corrected chi connectivity index (χ4v) is 7.80. The second-order valence-electron chi connectivity index (χ2n) is 13.5. The molecular formula is C36H44ClFN4O5. The van der Waals surface area contributed by atoms with Crippen molar-refractivity contribution in [3.8, 4) is 0 Å². The van der Waals surface area contributed by atoms with Crippen LogP contribution in [0.15, 0.2) is 42.6 Å². The molecule has 2 aromatic carbocycles. The van der Waals surface area contributed by atoms with E-state index in [1.54, 1.807) is 6.20 Å². The summed E-state index contributed by atoms with van der Waals surface area (Å²) in [5, 5.41) is 3.69. The molecule has 252 valence electrons. The third-order valence-electron chi connectivity index (χ3n) is 9.98. The molecule has 1 saturated carbocycles. The van der Waals surface area contributed by atoms with Crippen molar-refractivity contribution in [2.75, 3.05) is 31.6 Å². The zero-order chi connectivity index (χ0) is 33.2. The molecule has 6 rings (SSSR count). The molecule has 0 bridgehead atoms. The van der Waals surface area contributed by atoms with Gasteiger partial charge in [0.1, 0.15) is 12.1 Å². The SMILES string of the molecule is C[C@@H]1CN([C@H]2C[C@@H](COC3CCC(C=O)CC3)N(C(=O)Cc3cc(Cl)c(NC(=O)c4cn(C)c5ccccc45)cc3F)C2)C[C@H](C)O1. The molecule has 11 heteroatoms. The van der Waals surface area contributed by atoms with Gasteiger partial charge in [0.25, 0.3) is 5.91 Å². The molecule has 1 aromatic heterocycles. The number of carbonyl (C=O) groups is 3. The Bertz CT molecular complexity index is 1610. The molecule has 0 radical (unpaired) electrons. The van der Waals surface area contributed by atoms with Crippen LogP contribution in [0.25, 0.3) is 10.9 Å². The summed E-state index contributed by atoms with van der Waals surface area (Å²) in [6.07, 6.45) is 6.96. The molecule has 2 amide bonds. The number of likely N-dealkylation sites (tertiary alicyclic amines) is 1. The number of benzene rings is 2. The molecule has 0 unspecified atom stereocenters. The van der Waals surface area contributed by atoms with Gasteiger partial charge in [-0.05, 0) is 69.7 Å². The van der Waals surface area contributed by atoms with Gasteiger partial charge in [-0.3, -0.25) is 14.5 Å². The van der Waals surface area contributed by atoms with Gasteiger partial charge in [-0.2, -0.15) is 0 Å². The smallest absolute Gasteiger partial charge is 0.257 e. The molecule has 0 spiro atoms. The third-order valence-corrected chi connectivity index (χ3v) is 10.3. The largest absolute Gasteiger partial charge is 0.376 e. The summed E-state index contributed by atoms with van der Waals surface area (Å²) in [6.45, 7) is 6.64. The topological polar surface area (TPSA) is 93.1 Å². The van der Waals surface area contributed by atoms with Crippen LogP contribution < -0.4 is 5.32 Å². The zero-order valence-corrected chi connectivity index (χ0v) is 28.0. The molecule has 9 nitrogen and oxygen atoms in total. The van der Waals surface area contributed by atoms with Gasteiger partial charge >= 0.3 is 0 Å². The Morgan fingerprint density at radius 3 is 2.53 bits per heavy atom. The maximum Gasteiger partial charge on any atom is 0.257 e. The molecule has 47 heavy (non-hydrogen) atoms. The molecule has 4 atom stereocenters. The molecule has 1 N–H and O–H groups in total. The molecule has 1 aliphatic carbocycles. The maximum absolute atomic E-state index is 15.5. The summed E-state index contributed by atoms with van der Waals surface area (Å²) in [6, 6.07) is 10.2. The van der Waals surface area contributed by atoms with Crippen molar-refractivity contribution in [1.29, 1.82) is 0 Å². The van der Waals surface area contributed by atoms with Crippen LogP contribution in [0.1, 0.15) is 61.9 Å². The van der Waals surface area contributed by atoms with Crippen molar-refractivity contribution in [3.05, 3.63) is 64.6 Å². The number of aldehydes is 1. The molecule has 3 aliphatic rings. The van der Waals surface area contributed by atoms with Crippen molar-refractivity contribution in [1.82, 2.24) is 14.4 Å². The Hall–Kier alpha value is -3.31. The van der Waals surface area contributed by atoms with E-state index in [4.69, 9.17) is 21.1 Å². The average Bonchev–Trinajstić information content (AvgIpc) is 3.64. The lowest BCUT2D eigenvalue weighted by Crippen LogP contribution is -2.51. The van der Waals surface area contributed by atoms with Crippen molar-refractivity contribution in [2.45, 2.75) is 82.8 Å². The Kier molecular flexibility index (Phi) is 10.3.